The SMILES string of the molecule is NC(=O)CN=Cc1cccc(Cl)c1. The number of rotatable bonds is 3. The number of hydrogen-bond acceptors (Lipinski definition) is 2. The van der Waals surface area contributed by atoms with Crippen molar-refractivity contribution in [3.63, 3.8) is 0 Å². The first-order valence-electron chi connectivity index (χ1n) is 3.72. The molecule has 1 rings (SSSR count). The molecule has 13 heavy (non-hydrogen) atoms. The van der Waals surface area contributed by atoms with Gasteiger partial charge in [0, 0.05) is 11.2 Å². The zero-order chi connectivity index (χ0) is 9.68. The first-order chi connectivity index (χ1) is 6.18. The molecule has 0 spiro atoms. The van der Waals surface area contributed by atoms with Crippen molar-refractivity contribution in [2.75, 3.05) is 6.54 Å². The Balaban J connectivity index is 2.63. The maximum atomic E-state index is 10.3. The second kappa shape index (κ2) is 4.62. The van der Waals surface area contributed by atoms with E-state index in [9.17, 15) is 4.79 Å². The van der Waals surface area contributed by atoms with E-state index in [4.69, 9.17) is 17.3 Å². The summed E-state index contributed by atoms with van der Waals surface area (Å²) in [6.07, 6.45) is 1.57. The summed E-state index contributed by atoms with van der Waals surface area (Å²) in [5.41, 5.74) is 5.76. The third-order valence-electron chi connectivity index (χ3n) is 1.34. The van der Waals surface area contributed by atoms with Gasteiger partial charge in [0.15, 0.2) is 0 Å². The van der Waals surface area contributed by atoms with Crippen molar-refractivity contribution in [1.82, 2.24) is 0 Å². The molecule has 0 fully saturated rings. The average molecular weight is 197 g/mol. The number of nitrogens with two attached hydrogens (primary N) is 1. The average Bonchev–Trinajstić information content (AvgIpc) is 2.03. The Morgan fingerprint density at radius 3 is 3.00 bits per heavy atom. The molecule has 0 unspecified atom stereocenters. The predicted molar refractivity (Wildman–Crippen MR) is 53.1 cm³/mol. The Hall–Kier alpha value is -1.35. The summed E-state index contributed by atoms with van der Waals surface area (Å²) in [4.78, 5) is 14.2. The van der Waals surface area contributed by atoms with Gasteiger partial charge in [0.1, 0.15) is 6.54 Å². The summed E-state index contributed by atoms with van der Waals surface area (Å²) < 4.78 is 0. The molecule has 1 aromatic carbocycles. The first-order valence-corrected chi connectivity index (χ1v) is 4.10. The number of primary amides is 1. The van der Waals surface area contributed by atoms with E-state index in [1.165, 1.54) is 0 Å². The molecular formula is C9H9ClN2O. The molecule has 68 valence electrons. The smallest absolute Gasteiger partial charge is 0.239 e. The van der Waals surface area contributed by atoms with Gasteiger partial charge < -0.3 is 5.73 Å². The van der Waals surface area contributed by atoms with Crippen LogP contribution in [0, 0.1) is 0 Å². The van der Waals surface area contributed by atoms with Crippen molar-refractivity contribution in [3.05, 3.63) is 34.9 Å². The molecule has 0 atom stereocenters. The van der Waals surface area contributed by atoms with Crippen LogP contribution in [0.5, 0.6) is 0 Å². The van der Waals surface area contributed by atoms with Crippen molar-refractivity contribution >= 4 is 23.7 Å². The van der Waals surface area contributed by atoms with Crippen LogP contribution in [0.15, 0.2) is 29.3 Å². The van der Waals surface area contributed by atoms with Crippen LogP contribution in [0.2, 0.25) is 5.02 Å². The number of hydrogen-bond donors (Lipinski definition) is 1. The van der Waals surface area contributed by atoms with E-state index in [1.807, 2.05) is 12.1 Å². The van der Waals surface area contributed by atoms with Crippen LogP contribution in [-0.4, -0.2) is 18.7 Å². The highest BCUT2D eigenvalue weighted by Gasteiger charge is 1.90. The van der Waals surface area contributed by atoms with E-state index in [0.717, 1.165) is 5.56 Å². The number of carbonyl (C=O) groups excluding carboxylic acids is 1. The minimum atomic E-state index is -0.446. The van der Waals surface area contributed by atoms with Crippen molar-refractivity contribution in [2.45, 2.75) is 0 Å². The molecule has 0 radical (unpaired) electrons. The summed E-state index contributed by atoms with van der Waals surface area (Å²) >= 11 is 5.73. The van der Waals surface area contributed by atoms with E-state index in [2.05, 4.69) is 4.99 Å². The number of benzene rings is 1. The fourth-order valence-corrected chi connectivity index (χ4v) is 1.03. The van der Waals surface area contributed by atoms with Gasteiger partial charge in [0.2, 0.25) is 5.91 Å². The van der Waals surface area contributed by atoms with Crippen LogP contribution >= 0.6 is 11.6 Å². The molecule has 2 N–H and O–H groups in total. The summed E-state index contributed by atoms with van der Waals surface area (Å²) in [6.45, 7) is 0.00646. The molecule has 0 aromatic heterocycles. The molecule has 3 nitrogen and oxygen atoms in total. The van der Waals surface area contributed by atoms with Gasteiger partial charge in [-0.25, -0.2) is 0 Å². The minimum Gasteiger partial charge on any atom is -0.368 e. The van der Waals surface area contributed by atoms with E-state index in [1.54, 1.807) is 18.3 Å². The van der Waals surface area contributed by atoms with Crippen molar-refractivity contribution < 1.29 is 4.79 Å². The molecule has 0 heterocycles. The van der Waals surface area contributed by atoms with Gasteiger partial charge in [0.05, 0.1) is 0 Å². The van der Waals surface area contributed by atoms with Crippen LogP contribution in [0.25, 0.3) is 0 Å². The summed E-state index contributed by atoms with van der Waals surface area (Å²) in [5, 5.41) is 0.642. The monoisotopic (exact) mass is 196 g/mol. The minimum absolute atomic E-state index is 0.00646. The van der Waals surface area contributed by atoms with Gasteiger partial charge in [-0.3, -0.25) is 9.79 Å². The Labute approximate surface area is 81.2 Å². The summed E-state index contributed by atoms with van der Waals surface area (Å²) in [5.74, 6) is -0.446. The number of carbonyl (C=O) groups is 1. The molecule has 1 aromatic rings. The third kappa shape index (κ3) is 3.71. The Bertz CT molecular complexity index is 336. The maximum absolute atomic E-state index is 10.3. The zero-order valence-electron chi connectivity index (χ0n) is 6.90. The molecule has 0 aliphatic heterocycles. The van der Waals surface area contributed by atoms with Crippen LogP contribution in [0.1, 0.15) is 5.56 Å². The Morgan fingerprint density at radius 2 is 2.38 bits per heavy atom. The van der Waals surface area contributed by atoms with Crippen LogP contribution in [-0.2, 0) is 4.79 Å². The molecule has 0 aliphatic rings. The Morgan fingerprint density at radius 1 is 1.62 bits per heavy atom. The molecule has 1 amide bonds. The number of aliphatic imine (C=N–C) groups is 1. The second-order valence-electron chi connectivity index (χ2n) is 2.49. The lowest BCUT2D eigenvalue weighted by Gasteiger charge is -1.92. The van der Waals surface area contributed by atoms with Gasteiger partial charge in [-0.05, 0) is 17.7 Å². The fourth-order valence-electron chi connectivity index (χ4n) is 0.828. The second-order valence-corrected chi connectivity index (χ2v) is 2.93. The molecule has 0 bridgehead atoms. The van der Waals surface area contributed by atoms with Gasteiger partial charge >= 0.3 is 0 Å². The number of amides is 1. The highest BCUT2D eigenvalue weighted by atomic mass is 35.5. The predicted octanol–water partition coefficient (Wildman–Crippen LogP) is 1.24. The number of halogens is 1. The van der Waals surface area contributed by atoms with E-state index >= 15 is 0 Å². The zero-order valence-corrected chi connectivity index (χ0v) is 7.66. The largest absolute Gasteiger partial charge is 0.368 e. The highest BCUT2D eigenvalue weighted by Crippen LogP contribution is 2.08. The van der Waals surface area contributed by atoms with E-state index in [-0.39, 0.29) is 6.54 Å². The van der Waals surface area contributed by atoms with Gasteiger partial charge in [-0.1, -0.05) is 23.7 Å². The Kier molecular flexibility index (Phi) is 3.46. The maximum Gasteiger partial charge on any atom is 0.239 e. The van der Waals surface area contributed by atoms with Crippen LogP contribution < -0.4 is 5.73 Å². The number of nitrogens with zero attached hydrogens (tertiary/aromatic N) is 1. The van der Waals surface area contributed by atoms with Crippen LogP contribution in [0.4, 0.5) is 0 Å². The normalized spacial score (nSPS) is 10.5. The van der Waals surface area contributed by atoms with Crippen molar-refractivity contribution in [2.24, 2.45) is 10.7 Å². The van der Waals surface area contributed by atoms with Gasteiger partial charge in [0.25, 0.3) is 0 Å². The highest BCUT2D eigenvalue weighted by molar-refractivity contribution is 6.30. The lowest BCUT2D eigenvalue weighted by Crippen LogP contribution is -2.13. The lowest BCUT2D eigenvalue weighted by molar-refractivity contribution is -0.116. The summed E-state index contributed by atoms with van der Waals surface area (Å²) in [6, 6.07) is 7.18. The standard InChI is InChI=1S/C9H9ClN2O/c10-8-3-1-2-7(4-8)5-12-6-9(11)13/h1-5H,6H2,(H2,11,13). The fraction of sp³-hybridized carbons (Fsp3) is 0.111. The molecule has 0 saturated heterocycles. The molecule has 0 aliphatic carbocycles. The summed E-state index contributed by atoms with van der Waals surface area (Å²) in [7, 11) is 0. The lowest BCUT2D eigenvalue weighted by atomic mass is 10.2. The first kappa shape index (κ1) is 9.74. The third-order valence-corrected chi connectivity index (χ3v) is 1.57. The van der Waals surface area contributed by atoms with Crippen molar-refractivity contribution in [1.29, 1.82) is 0 Å². The quantitative estimate of drug-likeness (QED) is 0.727. The van der Waals surface area contributed by atoms with E-state index < -0.39 is 5.91 Å². The van der Waals surface area contributed by atoms with Crippen molar-refractivity contribution in [3.8, 4) is 0 Å². The van der Waals surface area contributed by atoms with E-state index in [0.29, 0.717) is 5.02 Å². The topological polar surface area (TPSA) is 55.5 Å². The van der Waals surface area contributed by atoms with Crippen LogP contribution in [0.3, 0.4) is 0 Å². The van der Waals surface area contributed by atoms with Gasteiger partial charge in [-0.2, -0.15) is 0 Å². The van der Waals surface area contributed by atoms with Gasteiger partial charge in [-0.15, -0.1) is 0 Å². The molecule has 4 heteroatoms. The molecular weight excluding hydrogens is 188 g/mol. The molecule has 0 saturated carbocycles.